The molecule has 0 aliphatic carbocycles. The normalized spacial score (nSPS) is 11.3. The van der Waals surface area contributed by atoms with E-state index in [1.807, 2.05) is 12.3 Å². The molecule has 0 aliphatic rings. The van der Waals surface area contributed by atoms with Gasteiger partial charge in [0.25, 0.3) is 5.91 Å². The van der Waals surface area contributed by atoms with Crippen LogP contribution in [0.25, 0.3) is 0 Å². The highest BCUT2D eigenvalue weighted by Gasteiger charge is 2.14. The molecule has 0 unspecified atom stereocenters. The van der Waals surface area contributed by atoms with E-state index in [1.54, 1.807) is 24.3 Å². The van der Waals surface area contributed by atoms with Crippen molar-refractivity contribution in [2.45, 2.75) is 31.8 Å². The Bertz CT molecular complexity index is 1150. The number of carbonyl (C=O) groups excluding carboxylic acids is 2. The Hall–Kier alpha value is -2.88. The summed E-state index contributed by atoms with van der Waals surface area (Å²) in [4.78, 5) is 27.9. The molecule has 0 atom stereocenters. The third-order valence-electron chi connectivity index (χ3n) is 4.32. The molecular formula is C21H21N3O4S2. The van der Waals surface area contributed by atoms with Gasteiger partial charge in [0, 0.05) is 28.7 Å². The second-order valence-corrected chi connectivity index (χ2v) is 9.38. The van der Waals surface area contributed by atoms with Gasteiger partial charge in [-0.25, -0.2) is 18.1 Å². The van der Waals surface area contributed by atoms with Crippen LogP contribution in [0.2, 0.25) is 0 Å². The van der Waals surface area contributed by atoms with Gasteiger partial charge in [-0.3, -0.25) is 9.59 Å². The maximum Gasteiger partial charge on any atom is 0.251 e. The lowest BCUT2D eigenvalue weighted by molar-refractivity contribution is 0.0949. The van der Waals surface area contributed by atoms with Crippen LogP contribution in [0.15, 0.2) is 58.8 Å². The molecule has 2 N–H and O–H groups in total. The summed E-state index contributed by atoms with van der Waals surface area (Å²) in [5.74, 6) is -0.349. The summed E-state index contributed by atoms with van der Waals surface area (Å²) >= 11 is 1.49. The van der Waals surface area contributed by atoms with Gasteiger partial charge in [0.15, 0.2) is 5.78 Å². The molecule has 1 aromatic heterocycles. The van der Waals surface area contributed by atoms with Crippen molar-refractivity contribution in [3.8, 4) is 0 Å². The highest BCUT2D eigenvalue weighted by Crippen LogP contribution is 2.13. The molecule has 2 aromatic carbocycles. The van der Waals surface area contributed by atoms with E-state index in [1.165, 1.54) is 42.5 Å². The molecule has 156 valence electrons. The van der Waals surface area contributed by atoms with Crippen molar-refractivity contribution in [1.82, 2.24) is 15.0 Å². The fraction of sp³-hybridized carbons (Fsp3) is 0.190. The number of sulfonamides is 1. The van der Waals surface area contributed by atoms with E-state index in [2.05, 4.69) is 15.0 Å². The second kappa shape index (κ2) is 9.29. The number of Topliss-reactive ketones (excluding diaryl/α,β-unsaturated/α-hetero) is 1. The zero-order valence-electron chi connectivity index (χ0n) is 16.5. The molecule has 0 spiro atoms. The number of hydrogen-bond acceptors (Lipinski definition) is 6. The molecule has 30 heavy (non-hydrogen) atoms. The maximum absolute atomic E-state index is 12.4. The van der Waals surface area contributed by atoms with Crippen molar-refractivity contribution in [3.63, 3.8) is 0 Å². The molecule has 0 fully saturated rings. The van der Waals surface area contributed by atoms with Crippen molar-refractivity contribution in [2.75, 3.05) is 0 Å². The summed E-state index contributed by atoms with van der Waals surface area (Å²) in [5.41, 5.74) is 2.57. The third-order valence-corrected chi connectivity index (χ3v) is 6.70. The van der Waals surface area contributed by atoms with Crippen LogP contribution < -0.4 is 10.0 Å². The second-order valence-electron chi connectivity index (χ2n) is 6.67. The lowest BCUT2D eigenvalue weighted by Gasteiger charge is -2.08. The Kier molecular flexibility index (Phi) is 6.76. The monoisotopic (exact) mass is 443 g/mol. The molecule has 0 aliphatic heterocycles. The number of aromatic nitrogens is 1. The average molecular weight is 444 g/mol. The Morgan fingerprint density at radius 3 is 2.17 bits per heavy atom. The van der Waals surface area contributed by atoms with Crippen molar-refractivity contribution in [2.24, 2.45) is 0 Å². The Balaban J connectivity index is 1.57. The van der Waals surface area contributed by atoms with E-state index in [4.69, 9.17) is 0 Å². The highest BCUT2D eigenvalue weighted by molar-refractivity contribution is 7.89. The Morgan fingerprint density at radius 2 is 1.60 bits per heavy atom. The standard InChI is InChI=1S/C21H21N3O4S2/c1-14-13-29-20(24-14)12-22-21(26)18-5-3-16(4-6-18)11-23-30(27,28)19-9-7-17(8-10-19)15(2)25/h3-10,13,23H,11-12H2,1-2H3,(H,22,26). The van der Waals surface area contributed by atoms with E-state index in [0.717, 1.165) is 10.7 Å². The molecule has 3 rings (SSSR count). The molecule has 0 saturated heterocycles. The summed E-state index contributed by atoms with van der Waals surface area (Å²) in [5, 5.41) is 5.57. The van der Waals surface area contributed by atoms with Crippen LogP contribution >= 0.6 is 11.3 Å². The number of hydrogen-bond donors (Lipinski definition) is 2. The SMILES string of the molecule is CC(=O)c1ccc(S(=O)(=O)NCc2ccc(C(=O)NCc3nc(C)cs3)cc2)cc1. The first-order valence-electron chi connectivity index (χ1n) is 9.13. The minimum atomic E-state index is -3.71. The number of amides is 1. The molecule has 0 bridgehead atoms. The zero-order chi connectivity index (χ0) is 21.7. The van der Waals surface area contributed by atoms with E-state index < -0.39 is 10.0 Å². The minimum Gasteiger partial charge on any atom is -0.346 e. The van der Waals surface area contributed by atoms with Crippen LogP contribution in [0, 0.1) is 6.92 Å². The molecule has 3 aromatic rings. The summed E-state index contributed by atoms with van der Waals surface area (Å²) in [6.07, 6.45) is 0. The lowest BCUT2D eigenvalue weighted by atomic mass is 10.1. The van der Waals surface area contributed by atoms with Crippen LogP contribution in [0.4, 0.5) is 0 Å². The van der Waals surface area contributed by atoms with Crippen molar-refractivity contribution in [3.05, 3.63) is 81.3 Å². The third kappa shape index (κ3) is 5.59. The van der Waals surface area contributed by atoms with Crippen LogP contribution in [-0.2, 0) is 23.1 Å². The predicted octanol–water partition coefficient (Wildman–Crippen LogP) is 3.06. The van der Waals surface area contributed by atoms with Gasteiger partial charge in [-0.2, -0.15) is 0 Å². The molecule has 1 heterocycles. The molecular weight excluding hydrogens is 422 g/mol. The summed E-state index contributed by atoms with van der Waals surface area (Å²) in [7, 11) is -3.71. The smallest absolute Gasteiger partial charge is 0.251 e. The summed E-state index contributed by atoms with van der Waals surface area (Å²) < 4.78 is 27.4. The highest BCUT2D eigenvalue weighted by atomic mass is 32.2. The Morgan fingerprint density at radius 1 is 0.967 bits per heavy atom. The number of benzene rings is 2. The van der Waals surface area contributed by atoms with Crippen LogP contribution in [0.1, 0.15) is 43.9 Å². The van der Waals surface area contributed by atoms with Gasteiger partial charge in [0.2, 0.25) is 10.0 Å². The number of rotatable bonds is 8. The topological polar surface area (TPSA) is 105 Å². The average Bonchev–Trinajstić information content (AvgIpc) is 3.16. The fourth-order valence-corrected chi connectivity index (χ4v) is 4.38. The van der Waals surface area contributed by atoms with Crippen molar-refractivity contribution >= 4 is 33.1 Å². The molecule has 0 radical (unpaired) electrons. The number of aryl methyl sites for hydroxylation is 1. The van der Waals surface area contributed by atoms with E-state index in [9.17, 15) is 18.0 Å². The van der Waals surface area contributed by atoms with Crippen molar-refractivity contribution in [1.29, 1.82) is 0 Å². The first kappa shape index (κ1) is 21.8. The summed E-state index contributed by atoms with van der Waals surface area (Å²) in [6.45, 7) is 3.76. The van der Waals surface area contributed by atoms with Crippen molar-refractivity contribution < 1.29 is 18.0 Å². The van der Waals surface area contributed by atoms with E-state index in [0.29, 0.717) is 23.2 Å². The van der Waals surface area contributed by atoms with Gasteiger partial charge in [-0.1, -0.05) is 24.3 Å². The Labute approximate surface area is 179 Å². The molecule has 7 nitrogen and oxygen atoms in total. The lowest BCUT2D eigenvalue weighted by Crippen LogP contribution is -2.24. The number of carbonyl (C=O) groups is 2. The van der Waals surface area contributed by atoms with E-state index >= 15 is 0 Å². The first-order valence-corrected chi connectivity index (χ1v) is 11.5. The molecule has 1 amide bonds. The summed E-state index contributed by atoms with van der Waals surface area (Å²) in [6, 6.07) is 12.5. The number of nitrogens with one attached hydrogen (secondary N) is 2. The zero-order valence-corrected chi connectivity index (χ0v) is 18.1. The van der Waals surface area contributed by atoms with Crippen LogP contribution in [0.5, 0.6) is 0 Å². The van der Waals surface area contributed by atoms with Gasteiger partial charge in [0.1, 0.15) is 5.01 Å². The van der Waals surface area contributed by atoms with Crippen LogP contribution in [-0.4, -0.2) is 25.1 Å². The van der Waals surface area contributed by atoms with Gasteiger partial charge in [-0.15, -0.1) is 11.3 Å². The first-order chi connectivity index (χ1) is 14.2. The minimum absolute atomic E-state index is 0.0804. The predicted molar refractivity (Wildman–Crippen MR) is 115 cm³/mol. The van der Waals surface area contributed by atoms with Crippen LogP contribution in [0.3, 0.4) is 0 Å². The van der Waals surface area contributed by atoms with Gasteiger partial charge in [0.05, 0.1) is 11.4 Å². The number of thiazole rings is 1. The molecule has 0 saturated carbocycles. The molecule has 9 heteroatoms. The quantitative estimate of drug-likeness (QED) is 0.521. The fourth-order valence-electron chi connectivity index (χ4n) is 2.65. The van der Waals surface area contributed by atoms with E-state index in [-0.39, 0.29) is 23.1 Å². The number of ketones is 1. The van der Waals surface area contributed by atoms with Gasteiger partial charge >= 0.3 is 0 Å². The maximum atomic E-state index is 12.4. The van der Waals surface area contributed by atoms with Gasteiger partial charge in [-0.05, 0) is 43.7 Å². The largest absolute Gasteiger partial charge is 0.346 e. The number of nitrogens with zero attached hydrogens (tertiary/aromatic N) is 1. The van der Waals surface area contributed by atoms with Gasteiger partial charge < -0.3 is 5.32 Å².